The van der Waals surface area contributed by atoms with Crippen molar-refractivity contribution >= 4 is 18.0 Å². The molecular formula is C27H28N2O5. The molecule has 0 unspecified atom stereocenters. The molecule has 0 bridgehead atoms. The van der Waals surface area contributed by atoms with Crippen LogP contribution in [0.15, 0.2) is 91.0 Å². The molecule has 0 aliphatic heterocycles. The standard InChI is InChI=1S/C27H28N2O5/c1-20(26(31)33-18-22-13-7-3-8-14-22)28-25(30)24(17-21-11-5-2-6-12-21)29-27(32)34-19-23-15-9-4-10-16-23/h2-16,20,24H,17-19H2,1H3,(H,28,30)(H,29,32)/t20-,24+/m0/s1. The first-order valence-electron chi connectivity index (χ1n) is 11.0. The summed E-state index contributed by atoms with van der Waals surface area (Å²) in [6, 6.07) is 26.0. The Morgan fingerprint density at radius 1 is 0.676 bits per heavy atom. The van der Waals surface area contributed by atoms with Gasteiger partial charge in [-0.1, -0.05) is 91.0 Å². The first-order chi connectivity index (χ1) is 16.5. The van der Waals surface area contributed by atoms with Gasteiger partial charge in [0.25, 0.3) is 0 Å². The average Bonchev–Trinajstić information content (AvgIpc) is 2.87. The predicted octanol–water partition coefficient (Wildman–Crippen LogP) is 3.77. The fraction of sp³-hybridized carbons (Fsp3) is 0.222. The molecule has 3 aromatic carbocycles. The van der Waals surface area contributed by atoms with E-state index in [0.717, 1.165) is 16.7 Å². The summed E-state index contributed by atoms with van der Waals surface area (Å²) >= 11 is 0. The van der Waals surface area contributed by atoms with Crippen LogP contribution in [0.25, 0.3) is 0 Å². The molecule has 0 saturated heterocycles. The molecule has 0 spiro atoms. The van der Waals surface area contributed by atoms with E-state index >= 15 is 0 Å². The summed E-state index contributed by atoms with van der Waals surface area (Å²) in [4.78, 5) is 37.7. The summed E-state index contributed by atoms with van der Waals surface area (Å²) in [6.07, 6.45) is -0.488. The fourth-order valence-corrected chi connectivity index (χ4v) is 3.19. The number of ether oxygens (including phenoxy) is 2. The van der Waals surface area contributed by atoms with Crippen molar-refractivity contribution in [1.29, 1.82) is 0 Å². The third-order valence-corrected chi connectivity index (χ3v) is 5.04. The van der Waals surface area contributed by atoms with Crippen molar-refractivity contribution in [2.24, 2.45) is 0 Å². The van der Waals surface area contributed by atoms with E-state index in [9.17, 15) is 14.4 Å². The summed E-state index contributed by atoms with van der Waals surface area (Å²) in [6.45, 7) is 1.73. The van der Waals surface area contributed by atoms with Gasteiger partial charge in [0.1, 0.15) is 25.3 Å². The highest BCUT2D eigenvalue weighted by molar-refractivity contribution is 5.89. The van der Waals surface area contributed by atoms with Gasteiger partial charge in [-0.05, 0) is 23.6 Å². The maximum Gasteiger partial charge on any atom is 0.408 e. The highest BCUT2D eigenvalue weighted by Crippen LogP contribution is 2.07. The van der Waals surface area contributed by atoms with Gasteiger partial charge >= 0.3 is 12.1 Å². The van der Waals surface area contributed by atoms with Crippen LogP contribution in [0.1, 0.15) is 23.6 Å². The SMILES string of the molecule is C[C@H](NC(=O)[C@@H](Cc1ccccc1)NC(=O)OCc1ccccc1)C(=O)OCc1ccccc1. The van der Waals surface area contributed by atoms with Gasteiger partial charge in [-0.3, -0.25) is 4.79 Å². The Kier molecular flexibility index (Phi) is 9.22. The summed E-state index contributed by atoms with van der Waals surface area (Å²) in [5.74, 6) is -1.08. The molecule has 7 nitrogen and oxygen atoms in total. The number of hydrogen-bond acceptors (Lipinski definition) is 5. The van der Waals surface area contributed by atoms with Gasteiger partial charge < -0.3 is 20.1 Å². The van der Waals surface area contributed by atoms with Gasteiger partial charge in [0.05, 0.1) is 0 Å². The highest BCUT2D eigenvalue weighted by atomic mass is 16.5. The Labute approximate surface area is 199 Å². The molecule has 0 aromatic heterocycles. The Hall–Kier alpha value is -4.13. The Balaban J connectivity index is 1.57. The minimum Gasteiger partial charge on any atom is -0.459 e. The number of esters is 1. The second-order valence-corrected chi connectivity index (χ2v) is 7.77. The zero-order chi connectivity index (χ0) is 24.2. The van der Waals surface area contributed by atoms with Crippen molar-refractivity contribution < 1.29 is 23.9 Å². The lowest BCUT2D eigenvalue weighted by Crippen LogP contribution is -2.52. The summed E-state index contributed by atoms with van der Waals surface area (Å²) in [5, 5.41) is 5.24. The number of alkyl carbamates (subject to hydrolysis) is 1. The predicted molar refractivity (Wildman–Crippen MR) is 128 cm³/mol. The van der Waals surface area contributed by atoms with E-state index < -0.39 is 30.1 Å². The third kappa shape index (κ3) is 8.09. The van der Waals surface area contributed by atoms with E-state index in [1.807, 2.05) is 91.0 Å². The molecule has 2 amide bonds. The smallest absolute Gasteiger partial charge is 0.408 e. The van der Waals surface area contributed by atoms with Crippen molar-refractivity contribution in [2.45, 2.75) is 38.6 Å². The molecule has 7 heteroatoms. The lowest BCUT2D eigenvalue weighted by atomic mass is 10.1. The maximum atomic E-state index is 13.0. The van der Waals surface area contributed by atoms with Gasteiger partial charge in [-0.25, -0.2) is 9.59 Å². The quantitative estimate of drug-likeness (QED) is 0.449. The van der Waals surface area contributed by atoms with Gasteiger partial charge in [-0.15, -0.1) is 0 Å². The molecule has 0 heterocycles. The number of amides is 2. The van der Waals surface area contributed by atoms with E-state index in [2.05, 4.69) is 10.6 Å². The van der Waals surface area contributed by atoms with Crippen LogP contribution in [0.3, 0.4) is 0 Å². The zero-order valence-electron chi connectivity index (χ0n) is 19.0. The van der Waals surface area contributed by atoms with E-state index in [4.69, 9.17) is 9.47 Å². The minimum absolute atomic E-state index is 0.0779. The minimum atomic E-state index is -0.935. The van der Waals surface area contributed by atoms with Crippen LogP contribution in [0.4, 0.5) is 4.79 Å². The van der Waals surface area contributed by atoms with Crippen LogP contribution in [0.2, 0.25) is 0 Å². The average molecular weight is 461 g/mol. The number of benzene rings is 3. The van der Waals surface area contributed by atoms with Gasteiger partial charge in [0, 0.05) is 6.42 Å². The Bertz CT molecular complexity index is 1060. The molecule has 0 radical (unpaired) electrons. The molecule has 3 aromatic rings. The molecule has 0 aliphatic rings. The molecule has 3 rings (SSSR count). The van der Waals surface area contributed by atoms with Crippen molar-refractivity contribution in [1.82, 2.24) is 10.6 Å². The lowest BCUT2D eigenvalue weighted by molar-refractivity contribution is -0.148. The fourth-order valence-electron chi connectivity index (χ4n) is 3.19. The van der Waals surface area contributed by atoms with Crippen LogP contribution in [-0.4, -0.2) is 30.1 Å². The summed E-state index contributed by atoms with van der Waals surface area (Å²) < 4.78 is 10.6. The second-order valence-electron chi connectivity index (χ2n) is 7.77. The number of rotatable bonds is 10. The van der Waals surface area contributed by atoms with Crippen molar-refractivity contribution in [3.8, 4) is 0 Å². The largest absolute Gasteiger partial charge is 0.459 e. The maximum absolute atomic E-state index is 13.0. The Morgan fingerprint density at radius 3 is 1.68 bits per heavy atom. The molecule has 0 saturated carbocycles. The van der Waals surface area contributed by atoms with Crippen LogP contribution in [-0.2, 0) is 38.7 Å². The van der Waals surface area contributed by atoms with Gasteiger partial charge in [-0.2, -0.15) is 0 Å². The van der Waals surface area contributed by atoms with Crippen LogP contribution < -0.4 is 10.6 Å². The Morgan fingerprint density at radius 2 is 1.15 bits per heavy atom. The molecule has 176 valence electrons. The van der Waals surface area contributed by atoms with Crippen molar-refractivity contribution in [3.63, 3.8) is 0 Å². The molecule has 0 fully saturated rings. The van der Waals surface area contributed by atoms with Crippen molar-refractivity contribution in [3.05, 3.63) is 108 Å². The molecule has 0 aliphatic carbocycles. The van der Waals surface area contributed by atoms with E-state index in [-0.39, 0.29) is 19.6 Å². The van der Waals surface area contributed by atoms with Crippen LogP contribution in [0, 0.1) is 0 Å². The van der Waals surface area contributed by atoms with Gasteiger partial charge in [0.15, 0.2) is 0 Å². The first kappa shape index (κ1) is 24.5. The number of hydrogen-bond donors (Lipinski definition) is 2. The van der Waals surface area contributed by atoms with E-state index in [0.29, 0.717) is 0 Å². The molecule has 2 atom stereocenters. The van der Waals surface area contributed by atoms with Crippen LogP contribution in [0.5, 0.6) is 0 Å². The normalized spacial score (nSPS) is 12.1. The number of carbonyl (C=O) groups excluding carboxylic acids is 3. The third-order valence-electron chi connectivity index (χ3n) is 5.04. The number of nitrogens with one attached hydrogen (secondary N) is 2. The zero-order valence-corrected chi connectivity index (χ0v) is 19.0. The van der Waals surface area contributed by atoms with Gasteiger partial charge in [0.2, 0.25) is 5.91 Å². The number of carbonyl (C=O) groups is 3. The van der Waals surface area contributed by atoms with Crippen LogP contribution >= 0.6 is 0 Å². The van der Waals surface area contributed by atoms with E-state index in [1.54, 1.807) is 6.92 Å². The summed E-state index contributed by atoms with van der Waals surface area (Å²) in [5.41, 5.74) is 2.53. The lowest BCUT2D eigenvalue weighted by Gasteiger charge is -2.21. The second kappa shape index (κ2) is 12.8. The molecule has 2 N–H and O–H groups in total. The first-order valence-corrected chi connectivity index (χ1v) is 11.0. The monoisotopic (exact) mass is 460 g/mol. The van der Waals surface area contributed by atoms with Crippen molar-refractivity contribution in [2.75, 3.05) is 0 Å². The topological polar surface area (TPSA) is 93.7 Å². The highest BCUT2D eigenvalue weighted by Gasteiger charge is 2.26. The summed E-state index contributed by atoms with van der Waals surface area (Å²) in [7, 11) is 0. The molecular weight excluding hydrogens is 432 g/mol. The van der Waals surface area contributed by atoms with E-state index in [1.165, 1.54) is 0 Å². The molecule has 34 heavy (non-hydrogen) atoms.